The van der Waals surface area contributed by atoms with Gasteiger partial charge in [0.1, 0.15) is 0 Å². The number of anilines is 1. The van der Waals surface area contributed by atoms with Crippen molar-refractivity contribution in [3.63, 3.8) is 0 Å². The Morgan fingerprint density at radius 3 is 2.43 bits per heavy atom. The van der Waals surface area contributed by atoms with E-state index in [1.165, 1.54) is 25.7 Å². The van der Waals surface area contributed by atoms with Gasteiger partial charge in [-0.1, -0.05) is 0 Å². The van der Waals surface area contributed by atoms with Crippen LogP contribution in [0.4, 0.5) is 5.69 Å². The first-order valence-electron chi connectivity index (χ1n) is 7.69. The largest absolute Gasteiger partial charge is 0.454 e. The van der Waals surface area contributed by atoms with Crippen LogP contribution in [0.3, 0.4) is 0 Å². The topological polar surface area (TPSA) is 73.6 Å². The summed E-state index contributed by atoms with van der Waals surface area (Å²) in [5.74, 6) is 3.40. The first-order chi connectivity index (χ1) is 10.2. The van der Waals surface area contributed by atoms with Crippen molar-refractivity contribution >= 4 is 11.6 Å². The van der Waals surface area contributed by atoms with Crippen molar-refractivity contribution in [1.29, 1.82) is 0 Å². The second-order valence-corrected chi connectivity index (χ2v) is 6.34. The highest BCUT2D eigenvalue weighted by atomic mass is 16.7. The summed E-state index contributed by atoms with van der Waals surface area (Å²) in [6, 6.07) is 3.34. The quantitative estimate of drug-likeness (QED) is 0.814. The molecule has 0 unspecified atom stereocenters. The zero-order chi connectivity index (χ0) is 14.4. The molecule has 2 saturated carbocycles. The molecular weight excluding hydrogens is 268 g/mol. The van der Waals surface area contributed by atoms with Gasteiger partial charge in [-0.2, -0.15) is 0 Å². The third-order valence-electron chi connectivity index (χ3n) is 4.74. The molecule has 2 fully saturated rings. The van der Waals surface area contributed by atoms with Crippen molar-refractivity contribution in [2.45, 2.75) is 25.7 Å². The molecule has 0 bridgehead atoms. The minimum absolute atomic E-state index is 0.114. The minimum atomic E-state index is -0.114. The van der Waals surface area contributed by atoms with Crippen LogP contribution in [0.1, 0.15) is 36.0 Å². The van der Waals surface area contributed by atoms with Gasteiger partial charge in [-0.15, -0.1) is 0 Å². The normalized spacial score (nSPS) is 19.9. The molecule has 1 aromatic rings. The Morgan fingerprint density at radius 2 is 1.81 bits per heavy atom. The lowest BCUT2D eigenvalue weighted by Crippen LogP contribution is -2.31. The number of benzene rings is 1. The van der Waals surface area contributed by atoms with Crippen LogP contribution >= 0.6 is 0 Å². The molecule has 3 N–H and O–H groups in total. The number of ether oxygens (including phenoxy) is 2. The minimum Gasteiger partial charge on any atom is -0.454 e. The van der Waals surface area contributed by atoms with E-state index in [4.69, 9.17) is 15.2 Å². The molecule has 1 aromatic carbocycles. The summed E-state index contributed by atoms with van der Waals surface area (Å²) in [5.41, 5.74) is 6.86. The van der Waals surface area contributed by atoms with Gasteiger partial charge in [0.15, 0.2) is 11.5 Å². The fraction of sp³-hybridized carbons (Fsp3) is 0.562. The van der Waals surface area contributed by atoms with E-state index < -0.39 is 0 Å². The fourth-order valence-electron chi connectivity index (χ4n) is 3.23. The van der Waals surface area contributed by atoms with E-state index in [-0.39, 0.29) is 12.7 Å². The number of amides is 1. The fourth-order valence-corrected chi connectivity index (χ4v) is 3.23. The molecule has 112 valence electrons. The van der Waals surface area contributed by atoms with Crippen molar-refractivity contribution in [3.8, 4) is 11.5 Å². The van der Waals surface area contributed by atoms with E-state index in [2.05, 4.69) is 5.32 Å². The number of nitrogens with one attached hydrogen (secondary N) is 1. The predicted octanol–water partition coefficient (Wildman–Crippen LogP) is 2.16. The molecule has 0 radical (unpaired) electrons. The summed E-state index contributed by atoms with van der Waals surface area (Å²) in [4.78, 5) is 12.4. The van der Waals surface area contributed by atoms with Crippen LogP contribution in [0.15, 0.2) is 12.1 Å². The van der Waals surface area contributed by atoms with Crippen LogP contribution < -0.4 is 20.5 Å². The standard InChI is InChI=1S/C16H20N2O3/c17-13-6-15-14(20-8-21-15)5-11(13)16(19)18-7-12(9-1-2-9)10-3-4-10/h5-6,9-10,12H,1-4,7-8,17H2,(H,18,19). The first kappa shape index (κ1) is 12.8. The molecule has 0 spiro atoms. The maximum atomic E-state index is 12.4. The Bertz CT molecular complexity index is 567. The summed E-state index contributed by atoms with van der Waals surface area (Å²) in [6.07, 6.45) is 5.29. The number of rotatable bonds is 5. The van der Waals surface area contributed by atoms with Gasteiger partial charge in [0.05, 0.1) is 5.56 Å². The Balaban J connectivity index is 1.44. The SMILES string of the molecule is Nc1cc2c(cc1C(=O)NCC(C1CC1)C1CC1)OCO2. The van der Waals surface area contributed by atoms with Gasteiger partial charge in [0.25, 0.3) is 5.91 Å². The summed E-state index contributed by atoms with van der Waals surface area (Å²) in [7, 11) is 0. The van der Waals surface area contributed by atoms with Crippen LogP contribution in [-0.2, 0) is 0 Å². The second kappa shape index (κ2) is 4.83. The highest BCUT2D eigenvalue weighted by Crippen LogP contribution is 2.48. The lowest BCUT2D eigenvalue weighted by atomic mass is 9.98. The van der Waals surface area contributed by atoms with Crippen LogP contribution in [0.2, 0.25) is 0 Å². The van der Waals surface area contributed by atoms with Gasteiger partial charge in [0.2, 0.25) is 6.79 Å². The highest BCUT2D eigenvalue weighted by Gasteiger charge is 2.41. The van der Waals surface area contributed by atoms with Crippen LogP contribution in [0, 0.1) is 17.8 Å². The Kier molecular flexibility index (Phi) is 2.94. The molecular formula is C16H20N2O3. The van der Waals surface area contributed by atoms with Crippen molar-refractivity contribution in [2.75, 3.05) is 19.1 Å². The van der Waals surface area contributed by atoms with Crippen LogP contribution in [-0.4, -0.2) is 19.2 Å². The Morgan fingerprint density at radius 1 is 1.19 bits per heavy atom. The van der Waals surface area contributed by atoms with Gasteiger partial charge < -0.3 is 20.5 Å². The summed E-state index contributed by atoms with van der Waals surface area (Å²) < 4.78 is 10.6. The number of fused-ring (bicyclic) bond motifs is 1. The third kappa shape index (κ3) is 2.52. The number of nitrogen functional groups attached to an aromatic ring is 1. The average molecular weight is 288 g/mol. The van der Waals surface area contributed by atoms with E-state index >= 15 is 0 Å². The Labute approximate surface area is 123 Å². The Hall–Kier alpha value is -1.91. The molecule has 1 aliphatic heterocycles. The zero-order valence-corrected chi connectivity index (χ0v) is 11.9. The summed E-state index contributed by atoms with van der Waals surface area (Å²) >= 11 is 0. The molecule has 1 heterocycles. The monoisotopic (exact) mass is 288 g/mol. The lowest BCUT2D eigenvalue weighted by molar-refractivity contribution is 0.0944. The van der Waals surface area contributed by atoms with Gasteiger partial charge in [-0.3, -0.25) is 4.79 Å². The predicted molar refractivity (Wildman–Crippen MR) is 78.2 cm³/mol. The number of nitrogens with two attached hydrogens (primary N) is 1. The van der Waals surface area contributed by atoms with Crippen molar-refractivity contribution < 1.29 is 14.3 Å². The van der Waals surface area contributed by atoms with Crippen LogP contribution in [0.5, 0.6) is 11.5 Å². The van der Waals surface area contributed by atoms with Gasteiger partial charge >= 0.3 is 0 Å². The summed E-state index contributed by atoms with van der Waals surface area (Å²) in [5, 5.41) is 3.06. The van der Waals surface area contributed by atoms with E-state index in [1.807, 2.05) is 0 Å². The van der Waals surface area contributed by atoms with E-state index in [0.717, 1.165) is 18.4 Å². The third-order valence-corrected chi connectivity index (χ3v) is 4.74. The van der Waals surface area contributed by atoms with Crippen LogP contribution in [0.25, 0.3) is 0 Å². The van der Waals surface area contributed by atoms with Gasteiger partial charge in [-0.05, 0) is 49.5 Å². The molecule has 3 aliphatic rings. The molecule has 2 aliphatic carbocycles. The van der Waals surface area contributed by atoms with Crippen molar-refractivity contribution in [2.24, 2.45) is 17.8 Å². The molecule has 0 atom stereocenters. The van der Waals surface area contributed by atoms with E-state index in [1.54, 1.807) is 12.1 Å². The second-order valence-electron chi connectivity index (χ2n) is 6.34. The maximum absolute atomic E-state index is 12.4. The molecule has 21 heavy (non-hydrogen) atoms. The molecule has 5 heteroatoms. The molecule has 0 saturated heterocycles. The van der Waals surface area contributed by atoms with E-state index in [0.29, 0.717) is 28.7 Å². The van der Waals surface area contributed by atoms with Crippen molar-refractivity contribution in [3.05, 3.63) is 17.7 Å². The molecule has 4 rings (SSSR count). The molecule has 0 aromatic heterocycles. The van der Waals surface area contributed by atoms with Crippen molar-refractivity contribution in [1.82, 2.24) is 5.32 Å². The average Bonchev–Trinajstić information content (AvgIpc) is 3.38. The lowest BCUT2D eigenvalue weighted by Gasteiger charge is -2.16. The maximum Gasteiger partial charge on any atom is 0.253 e. The highest BCUT2D eigenvalue weighted by molar-refractivity contribution is 6.00. The smallest absolute Gasteiger partial charge is 0.253 e. The number of hydrogen-bond acceptors (Lipinski definition) is 4. The number of carbonyl (C=O) groups excluding carboxylic acids is 1. The first-order valence-corrected chi connectivity index (χ1v) is 7.69. The van der Waals surface area contributed by atoms with Gasteiger partial charge in [0, 0.05) is 18.3 Å². The number of hydrogen-bond donors (Lipinski definition) is 2. The molecule has 1 amide bonds. The van der Waals surface area contributed by atoms with E-state index in [9.17, 15) is 4.79 Å². The van der Waals surface area contributed by atoms with Gasteiger partial charge in [-0.25, -0.2) is 0 Å². The zero-order valence-electron chi connectivity index (χ0n) is 11.9. The molecule has 5 nitrogen and oxygen atoms in total. The summed E-state index contributed by atoms with van der Waals surface area (Å²) in [6.45, 7) is 0.952. The number of carbonyl (C=O) groups is 1.